The molecule has 2 fully saturated rings. The van der Waals surface area contributed by atoms with E-state index in [0.717, 1.165) is 19.3 Å². The van der Waals surface area contributed by atoms with E-state index in [4.69, 9.17) is 0 Å². The fourth-order valence-electron chi connectivity index (χ4n) is 3.93. The Hall–Kier alpha value is -0.620. The summed E-state index contributed by atoms with van der Waals surface area (Å²) in [5, 5.41) is 9.44. The molecule has 6 heteroatoms. The Labute approximate surface area is 127 Å². The summed E-state index contributed by atoms with van der Waals surface area (Å²) in [6.45, 7) is 2.25. The Morgan fingerprint density at radius 3 is 2.57 bits per heavy atom. The molecule has 0 spiro atoms. The van der Waals surface area contributed by atoms with Gasteiger partial charge in [0.05, 0.1) is 5.75 Å². The van der Waals surface area contributed by atoms with Crippen molar-refractivity contribution in [1.82, 2.24) is 4.90 Å². The lowest BCUT2D eigenvalue weighted by atomic mass is 9.76. The molecule has 3 unspecified atom stereocenters. The van der Waals surface area contributed by atoms with Crippen molar-refractivity contribution in [3.05, 3.63) is 0 Å². The van der Waals surface area contributed by atoms with E-state index in [1.54, 1.807) is 6.92 Å². The minimum Gasteiger partial charge on any atom is -0.480 e. The molecule has 0 aromatic carbocycles. The molecule has 1 heterocycles. The highest BCUT2D eigenvalue weighted by Crippen LogP contribution is 2.37. The van der Waals surface area contributed by atoms with Crippen LogP contribution in [0.3, 0.4) is 0 Å². The molecule has 1 aliphatic carbocycles. The first-order valence-electron chi connectivity index (χ1n) is 8.13. The fourth-order valence-corrected chi connectivity index (χ4v) is 4.79. The summed E-state index contributed by atoms with van der Waals surface area (Å²) in [5.74, 6) is 0.194. The standard InChI is InChI=1S/C15H27NO4S/c1-2-21(19,20)11-5-10-16-13-7-4-3-6-12(13)8-9-14(16)15(17)18/h12-14H,2-11H2,1H3,(H,17,18). The summed E-state index contributed by atoms with van der Waals surface area (Å²) in [6, 6.07) is -0.0772. The van der Waals surface area contributed by atoms with E-state index in [1.165, 1.54) is 12.8 Å². The maximum Gasteiger partial charge on any atom is 0.320 e. The number of carboxylic acids is 1. The Morgan fingerprint density at radius 2 is 1.90 bits per heavy atom. The summed E-state index contributed by atoms with van der Waals surface area (Å²) in [4.78, 5) is 13.6. The van der Waals surface area contributed by atoms with E-state index in [1.807, 2.05) is 0 Å². The SMILES string of the molecule is CCS(=O)(=O)CCCN1C(C(=O)O)CCC2CCCCC21. The van der Waals surface area contributed by atoms with Crippen LogP contribution < -0.4 is 0 Å². The zero-order chi connectivity index (χ0) is 15.5. The van der Waals surface area contributed by atoms with Gasteiger partial charge in [0, 0.05) is 18.3 Å². The predicted octanol–water partition coefficient (Wildman–Crippen LogP) is 1.92. The first kappa shape index (κ1) is 16.7. The van der Waals surface area contributed by atoms with Crippen LogP contribution in [0.25, 0.3) is 0 Å². The molecule has 1 saturated heterocycles. The molecule has 122 valence electrons. The number of carbonyl (C=O) groups is 1. The molecule has 0 aromatic rings. The second-order valence-electron chi connectivity index (χ2n) is 6.37. The minimum absolute atomic E-state index is 0.168. The molecule has 0 radical (unpaired) electrons. The Balaban J connectivity index is 2.01. The van der Waals surface area contributed by atoms with Crippen molar-refractivity contribution >= 4 is 15.8 Å². The van der Waals surface area contributed by atoms with E-state index in [9.17, 15) is 18.3 Å². The summed E-state index contributed by atoms with van der Waals surface area (Å²) in [6.07, 6.45) is 6.93. The second kappa shape index (κ2) is 7.09. The van der Waals surface area contributed by atoms with Crippen LogP contribution >= 0.6 is 0 Å². The van der Waals surface area contributed by atoms with Crippen LogP contribution in [0, 0.1) is 5.92 Å². The second-order valence-corrected chi connectivity index (χ2v) is 8.84. The topological polar surface area (TPSA) is 74.7 Å². The molecule has 1 aliphatic heterocycles. The fraction of sp³-hybridized carbons (Fsp3) is 0.933. The number of sulfone groups is 1. The van der Waals surface area contributed by atoms with E-state index in [2.05, 4.69) is 4.90 Å². The summed E-state index contributed by atoms with van der Waals surface area (Å²) >= 11 is 0. The van der Waals surface area contributed by atoms with Gasteiger partial charge in [0.15, 0.2) is 0 Å². The highest BCUT2D eigenvalue weighted by atomic mass is 32.2. The number of hydrogen-bond acceptors (Lipinski definition) is 4. The highest BCUT2D eigenvalue weighted by molar-refractivity contribution is 7.91. The maximum absolute atomic E-state index is 11.6. The smallest absolute Gasteiger partial charge is 0.320 e. The average Bonchev–Trinajstić information content (AvgIpc) is 2.47. The van der Waals surface area contributed by atoms with Crippen LogP contribution in [0.5, 0.6) is 0 Å². The molecule has 1 N–H and O–H groups in total. The maximum atomic E-state index is 11.6. The third-order valence-corrected chi connectivity index (χ3v) is 6.89. The summed E-state index contributed by atoms with van der Waals surface area (Å²) in [7, 11) is -2.96. The van der Waals surface area contributed by atoms with Crippen molar-refractivity contribution in [2.24, 2.45) is 5.92 Å². The van der Waals surface area contributed by atoms with Gasteiger partial charge < -0.3 is 5.11 Å². The first-order chi connectivity index (χ1) is 9.94. The number of nitrogens with zero attached hydrogens (tertiary/aromatic N) is 1. The molecule has 3 atom stereocenters. The molecule has 0 amide bonds. The third-order valence-electron chi connectivity index (χ3n) is 5.10. The van der Waals surface area contributed by atoms with Crippen LogP contribution in [-0.2, 0) is 14.6 Å². The van der Waals surface area contributed by atoms with Crippen molar-refractivity contribution in [1.29, 1.82) is 0 Å². The number of carboxylic acid groups (broad SMARTS) is 1. The lowest BCUT2D eigenvalue weighted by molar-refractivity contribution is -0.148. The normalized spacial score (nSPS) is 30.8. The molecule has 0 bridgehead atoms. The molecular weight excluding hydrogens is 290 g/mol. The summed E-state index contributed by atoms with van der Waals surface area (Å²) in [5.41, 5.74) is 0. The van der Waals surface area contributed by atoms with E-state index in [0.29, 0.717) is 31.3 Å². The largest absolute Gasteiger partial charge is 0.480 e. The number of rotatable bonds is 6. The van der Waals surface area contributed by atoms with Crippen molar-refractivity contribution in [3.8, 4) is 0 Å². The number of fused-ring (bicyclic) bond motifs is 1. The molecule has 1 saturated carbocycles. The van der Waals surface area contributed by atoms with Crippen molar-refractivity contribution in [2.45, 2.75) is 64.0 Å². The zero-order valence-electron chi connectivity index (χ0n) is 12.8. The van der Waals surface area contributed by atoms with Crippen molar-refractivity contribution in [3.63, 3.8) is 0 Å². The van der Waals surface area contributed by atoms with E-state index < -0.39 is 21.8 Å². The van der Waals surface area contributed by atoms with Gasteiger partial charge in [-0.15, -0.1) is 0 Å². The lowest BCUT2D eigenvalue weighted by Crippen LogP contribution is -2.55. The zero-order valence-corrected chi connectivity index (χ0v) is 13.6. The lowest BCUT2D eigenvalue weighted by Gasteiger charge is -2.47. The van der Waals surface area contributed by atoms with Gasteiger partial charge in [-0.25, -0.2) is 8.42 Å². The molecule has 2 rings (SSSR count). The first-order valence-corrected chi connectivity index (χ1v) is 9.95. The number of aliphatic carboxylic acids is 1. The van der Waals surface area contributed by atoms with Gasteiger partial charge in [-0.05, 0) is 38.0 Å². The quantitative estimate of drug-likeness (QED) is 0.810. The Morgan fingerprint density at radius 1 is 1.19 bits per heavy atom. The van der Waals surface area contributed by atoms with Crippen molar-refractivity contribution < 1.29 is 18.3 Å². The van der Waals surface area contributed by atoms with Gasteiger partial charge >= 0.3 is 5.97 Å². The minimum atomic E-state index is -2.96. The monoisotopic (exact) mass is 317 g/mol. The van der Waals surface area contributed by atoms with Gasteiger partial charge in [0.25, 0.3) is 0 Å². The number of likely N-dealkylation sites (tertiary alicyclic amines) is 1. The van der Waals surface area contributed by atoms with Crippen molar-refractivity contribution in [2.75, 3.05) is 18.1 Å². The average molecular weight is 317 g/mol. The third kappa shape index (κ3) is 4.19. The van der Waals surface area contributed by atoms with E-state index in [-0.39, 0.29) is 11.5 Å². The van der Waals surface area contributed by atoms with Gasteiger partial charge in [-0.3, -0.25) is 9.69 Å². The predicted molar refractivity (Wildman–Crippen MR) is 82.1 cm³/mol. The number of hydrogen-bond donors (Lipinski definition) is 1. The summed E-state index contributed by atoms with van der Waals surface area (Å²) < 4.78 is 23.2. The van der Waals surface area contributed by atoms with Crippen LogP contribution in [0.1, 0.15) is 51.9 Å². The van der Waals surface area contributed by atoms with Gasteiger partial charge in [0.1, 0.15) is 15.9 Å². The van der Waals surface area contributed by atoms with Gasteiger partial charge in [0.2, 0.25) is 0 Å². The van der Waals surface area contributed by atoms with Gasteiger partial charge in [-0.1, -0.05) is 19.8 Å². The van der Waals surface area contributed by atoms with Crippen LogP contribution in [-0.4, -0.2) is 54.5 Å². The number of piperidine rings is 1. The van der Waals surface area contributed by atoms with Gasteiger partial charge in [-0.2, -0.15) is 0 Å². The van der Waals surface area contributed by atoms with Crippen LogP contribution in [0.4, 0.5) is 0 Å². The van der Waals surface area contributed by atoms with E-state index >= 15 is 0 Å². The molecule has 0 aromatic heterocycles. The molecule has 5 nitrogen and oxygen atoms in total. The Kier molecular flexibility index (Phi) is 5.66. The molecule has 2 aliphatic rings. The molecule has 21 heavy (non-hydrogen) atoms. The molecular formula is C15H27NO4S. The highest BCUT2D eigenvalue weighted by Gasteiger charge is 2.40. The van der Waals surface area contributed by atoms with Crippen LogP contribution in [0.15, 0.2) is 0 Å². The van der Waals surface area contributed by atoms with Crippen LogP contribution in [0.2, 0.25) is 0 Å². The Bertz CT molecular complexity index is 462.